The highest BCUT2D eigenvalue weighted by atomic mass is 35.5. The quantitative estimate of drug-likeness (QED) is 0.461. The Morgan fingerprint density at radius 1 is 1.17 bits per heavy atom. The molecule has 2 aliphatic heterocycles. The standard InChI is InChI=1S/C23H32N4OS.ClH/c1-26-21(19-8-13-28-14-9-19)24-25-22(26)29-15-5-11-27-12-10-23(17-27)16-20(23)18-6-3-2-4-7-18;/h2-4,6-7,19-20H,5,8-17H2,1H3;1H. The fourth-order valence-corrected chi connectivity index (χ4v) is 6.19. The molecule has 7 heteroatoms. The molecule has 2 aromatic rings. The number of halogens is 1. The van der Waals surface area contributed by atoms with Crippen LogP contribution in [0, 0.1) is 5.41 Å². The van der Waals surface area contributed by atoms with Gasteiger partial charge in [-0.3, -0.25) is 0 Å². The molecule has 3 fully saturated rings. The van der Waals surface area contributed by atoms with Crippen LogP contribution >= 0.6 is 24.2 Å². The normalized spacial score (nSPS) is 26.8. The summed E-state index contributed by atoms with van der Waals surface area (Å²) >= 11 is 1.86. The van der Waals surface area contributed by atoms with E-state index in [4.69, 9.17) is 4.74 Å². The van der Waals surface area contributed by atoms with Gasteiger partial charge in [0.1, 0.15) is 5.82 Å². The van der Waals surface area contributed by atoms with Crippen LogP contribution in [0.25, 0.3) is 0 Å². The Balaban J connectivity index is 0.00000218. The first-order valence-electron chi connectivity index (χ1n) is 11.1. The maximum Gasteiger partial charge on any atom is 0.190 e. The van der Waals surface area contributed by atoms with Crippen molar-refractivity contribution in [1.29, 1.82) is 0 Å². The van der Waals surface area contributed by atoms with Gasteiger partial charge in [-0.25, -0.2) is 0 Å². The summed E-state index contributed by atoms with van der Waals surface area (Å²) < 4.78 is 7.69. The van der Waals surface area contributed by atoms with Gasteiger partial charge in [0.2, 0.25) is 0 Å². The van der Waals surface area contributed by atoms with Gasteiger partial charge in [0.15, 0.2) is 5.16 Å². The molecule has 0 bridgehead atoms. The number of hydrogen-bond acceptors (Lipinski definition) is 5. The van der Waals surface area contributed by atoms with Crippen LogP contribution in [0.1, 0.15) is 55.3 Å². The third-order valence-corrected chi connectivity index (χ3v) is 8.27. The predicted octanol–water partition coefficient (Wildman–Crippen LogP) is 4.49. The van der Waals surface area contributed by atoms with Crippen molar-refractivity contribution in [3.05, 3.63) is 41.7 Å². The minimum atomic E-state index is 0. The molecule has 5 rings (SSSR count). The fraction of sp³-hybridized carbons (Fsp3) is 0.652. The largest absolute Gasteiger partial charge is 0.381 e. The van der Waals surface area contributed by atoms with Crippen molar-refractivity contribution in [2.75, 3.05) is 38.6 Å². The topological polar surface area (TPSA) is 43.2 Å². The zero-order valence-corrected chi connectivity index (χ0v) is 19.5. The fourth-order valence-electron chi connectivity index (χ4n) is 5.35. The Bertz CT molecular complexity index is 826. The van der Waals surface area contributed by atoms with Gasteiger partial charge in [-0.1, -0.05) is 42.1 Å². The highest BCUT2D eigenvalue weighted by Crippen LogP contribution is 2.64. The number of aromatic nitrogens is 3. The molecule has 3 heterocycles. The average Bonchev–Trinajstić information content (AvgIpc) is 3.11. The molecule has 0 amide bonds. The smallest absolute Gasteiger partial charge is 0.190 e. The van der Waals surface area contributed by atoms with Gasteiger partial charge < -0.3 is 14.2 Å². The van der Waals surface area contributed by atoms with E-state index < -0.39 is 0 Å². The molecule has 30 heavy (non-hydrogen) atoms. The van der Waals surface area contributed by atoms with E-state index in [1.807, 2.05) is 11.8 Å². The molecular weight excluding hydrogens is 416 g/mol. The molecule has 1 saturated carbocycles. The van der Waals surface area contributed by atoms with Gasteiger partial charge in [0, 0.05) is 38.5 Å². The summed E-state index contributed by atoms with van der Waals surface area (Å²) in [5.41, 5.74) is 2.13. The van der Waals surface area contributed by atoms with E-state index in [-0.39, 0.29) is 12.4 Å². The SMILES string of the molecule is Cl.Cn1c(SCCCN2CCC3(CC3c3ccccc3)C2)nnc1C1CCOCC1. The Morgan fingerprint density at radius 2 is 1.97 bits per heavy atom. The summed E-state index contributed by atoms with van der Waals surface area (Å²) in [5.74, 6) is 3.56. The Kier molecular flexibility index (Phi) is 7.08. The number of hydrogen-bond donors (Lipinski definition) is 0. The molecule has 2 atom stereocenters. The molecule has 1 aliphatic carbocycles. The first kappa shape index (κ1) is 22.1. The molecule has 2 saturated heterocycles. The highest BCUT2D eigenvalue weighted by molar-refractivity contribution is 7.99. The van der Waals surface area contributed by atoms with Crippen LogP contribution in [-0.2, 0) is 11.8 Å². The second-order valence-corrected chi connectivity index (χ2v) is 10.1. The van der Waals surface area contributed by atoms with Gasteiger partial charge in [-0.2, -0.15) is 0 Å². The maximum atomic E-state index is 5.48. The highest BCUT2D eigenvalue weighted by Gasteiger charge is 2.57. The van der Waals surface area contributed by atoms with Gasteiger partial charge in [-0.15, -0.1) is 22.6 Å². The van der Waals surface area contributed by atoms with Crippen LogP contribution in [0.15, 0.2) is 35.5 Å². The molecule has 0 radical (unpaired) electrons. The van der Waals surface area contributed by atoms with Gasteiger partial charge in [-0.05, 0) is 62.1 Å². The molecule has 1 aromatic carbocycles. The lowest BCUT2D eigenvalue weighted by molar-refractivity contribution is 0.0828. The van der Waals surface area contributed by atoms with Crippen LogP contribution in [0.4, 0.5) is 0 Å². The Labute approximate surface area is 190 Å². The second-order valence-electron chi connectivity index (χ2n) is 9.04. The van der Waals surface area contributed by atoms with E-state index in [1.54, 1.807) is 5.56 Å². The number of rotatable bonds is 7. The van der Waals surface area contributed by atoms with Gasteiger partial charge >= 0.3 is 0 Å². The molecule has 0 N–H and O–H groups in total. The molecule has 3 aliphatic rings. The minimum Gasteiger partial charge on any atom is -0.381 e. The van der Waals surface area contributed by atoms with Crippen LogP contribution in [0.2, 0.25) is 0 Å². The zero-order valence-electron chi connectivity index (χ0n) is 17.8. The lowest BCUT2D eigenvalue weighted by atomic mass is 9.98. The maximum absolute atomic E-state index is 5.48. The van der Waals surface area contributed by atoms with Gasteiger partial charge in [0.05, 0.1) is 0 Å². The molecule has 1 aromatic heterocycles. The predicted molar refractivity (Wildman–Crippen MR) is 124 cm³/mol. The Morgan fingerprint density at radius 3 is 2.77 bits per heavy atom. The Hall–Kier alpha value is -1.08. The summed E-state index contributed by atoms with van der Waals surface area (Å²) in [6.45, 7) is 5.47. The summed E-state index contributed by atoms with van der Waals surface area (Å²) in [4.78, 5) is 2.69. The van der Waals surface area contributed by atoms with E-state index in [0.717, 1.165) is 48.7 Å². The van der Waals surface area contributed by atoms with Crippen LogP contribution in [0.3, 0.4) is 0 Å². The lowest BCUT2D eigenvalue weighted by Crippen LogP contribution is -2.23. The number of thioether (sulfide) groups is 1. The van der Waals surface area contributed by atoms with E-state index >= 15 is 0 Å². The number of ether oxygens (including phenoxy) is 1. The molecular formula is C23H33ClN4OS. The minimum absolute atomic E-state index is 0. The monoisotopic (exact) mass is 448 g/mol. The third-order valence-electron chi connectivity index (χ3n) is 7.16. The lowest BCUT2D eigenvalue weighted by Gasteiger charge is -2.21. The summed E-state index contributed by atoms with van der Waals surface area (Å²) in [7, 11) is 2.12. The van der Waals surface area contributed by atoms with Crippen LogP contribution < -0.4 is 0 Å². The van der Waals surface area contributed by atoms with Crippen molar-refractivity contribution in [2.24, 2.45) is 12.5 Å². The van der Waals surface area contributed by atoms with E-state index in [0.29, 0.717) is 11.3 Å². The zero-order chi connectivity index (χ0) is 19.7. The van der Waals surface area contributed by atoms with Crippen molar-refractivity contribution in [2.45, 2.75) is 49.1 Å². The van der Waals surface area contributed by atoms with E-state index in [9.17, 15) is 0 Å². The summed E-state index contributed by atoms with van der Waals surface area (Å²) in [6, 6.07) is 11.1. The molecule has 1 spiro atoms. The average molecular weight is 449 g/mol. The number of benzene rings is 1. The van der Waals surface area contributed by atoms with Crippen molar-refractivity contribution in [3.63, 3.8) is 0 Å². The summed E-state index contributed by atoms with van der Waals surface area (Å²) in [6.07, 6.45) is 6.11. The first-order chi connectivity index (χ1) is 14.3. The van der Waals surface area contributed by atoms with Gasteiger partial charge in [0.25, 0.3) is 0 Å². The van der Waals surface area contributed by atoms with Crippen molar-refractivity contribution < 1.29 is 4.74 Å². The van der Waals surface area contributed by atoms with Crippen LogP contribution in [0.5, 0.6) is 0 Å². The molecule has 164 valence electrons. The van der Waals surface area contributed by atoms with Crippen molar-refractivity contribution in [1.82, 2.24) is 19.7 Å². The third kappa shape index (κ3) is 4.57. The summed E-state index contributed by atoms with van der Waals surface area (Å²) in [5, 5.41) is 10.0. The van der Waals surface area contributed by atoms with Crippen molar-refractivity contribution in [3.8, 4) is 0 Å². The first-order valence-corrected chi connectivity index (χ1v) is 12.1. The van der Waals surface area contributed by atoms with E-state index in [2.05, 4.69) is 57.0 Å². The van der Waals surface area contributed by atoms with Crippen LogP contribution in [-0.4, -0.2) is 58.3 Å². The van der Waals surface area contributed by atoms with Crippen molar-refractivity contribution >= 4 is 24.2 Å². The molecule has 5 nitrogen and oxygen atoms in total. The molecule has 2 unspecified atom stereocenters. The number of likely N-dealkylation sites (tertiary alicyclic amines) is 1. The van der Waals surface area contributed by atoms with E-state index in [1.165, 1.54) is 38.9 Å². The second kappa shape index (κ2) is 9.60. The number of nitrogens with zero attached hydrogens (tertiary/aromatic N) is 4.